The Kier molecular flexibility index (Phi) is 6.11. The molecule has 1 amide bonds. The van der Waals surface area contributed by atoms with Gasteiger partial charge in [-0.25, -0.2) is 4.98 Å². The van der Waals surface area contributed by atoms with Crippen LogP contribution < -0.4 is 5.56 Å². The van der Waals surface area contributed by atoms with E-state index in [-0.39, 0.29) is 11.5 Å². The van der Waals surface area contributed by atoms with Crippen LogP contribution in [-0.2, 0) is 17.8 Å². The summed E-state index contributed by atoms with van der Waals surface area (Å²) in [6, 6.07) is 9.95. The molecule has 2 aromatic rings. The van der Waals surface area contributed by atoms with Gasteiger partial charge >= 0.3 is 0 Å². The second-order valence-electron chi connectivity index (χ2n) is 7.50. The molecule has 0 bridgehead atoms. The first kappa shape index (κ1) is 19.6. The molecule has 2 aliphatic rings. The second-order valence-corrected chi connectivity index (χ2v) is 9.55. The van der Waals surface area contributed by atoms with Crippen LogP contribution in [0.3, 0.4) is 0 Å². The maximum absolute atomic E-state index is 13.1. The Morgan fingerprint density at radius 1 is 1.25 bits per heavy atom. The highest BCUT2D eigenvalue weighted by Crippen LogP contribution is 2.29. The molecule has 1 aromatic carbocycles. The Morgan fingerprint density at radius 3 is 2.75 bits per heavy atom. The number of amides is 1. The van der Waals surface area contributed by atoms with Crippen molar-refractivity contribution in [2.75, 3.05) is 24.6 Å². The van der Waals surface area contributed by atoms with Gasteiger partial charge in [-0.15, -0.1) is 11.8 Å². The van der Waals surface area contributed by atoms with E-state index >= 15 is 0 Å². The first-order valence-corrected chi connectivity index (χ1v) is 11.8. The van der Waals surface area contributed by atoms with Gasteiger partial charge in [-0.2, -0.15) is 0 Å². The van der Waals surface area contributed by atoms with Crippen molar-refractivity contribution in [2.45, 2.75) is 42.8 Å². The van der Waals surface area contributed by atoms with Crippen LogP contribution in [0.15, 0.2) is 45.2 Å². The van der Waals surface area contributed by atoms with Crippen molar-refractivity contribution < 1.29 is 4.79 Å². The molecule has 0 unspecified atom stereocenters. The van der Waals surface area contributed by atoms with Crippen molar-refractivity contribution >= 4 is 29.4 Å². The summed E-state index contributed by atoms with van der Waals surface area (Å²) in [5, 5.41) is 0.661. The second kappa shape index (κ2) is 8.74. The molecular weight excluding hydrogens is 390 g/mol. The summed E-state index contributed by atoms with van der Waals surface area (Å²) < 4.78 is 1.74. The van der Waals surface area contributed by atoms with Crippen molar-refractivity contribution in [3.63, 3.8) is 0 Å². The quantitative estimate of drug-likeness (QED) is 0.554. The molecule has 0 aliphatic carbocycles. The van der Waals surface area contributed by atoms with Crippen LogP contribution in [0, 0.1) is 5.92 Å². The van der Waals surface area contributed by atoms with Gasteiger partial charge in [-0.1, -0.05) is 49.0 Å². The number of aromatic nitrogens is 2. The highest BCUT2D eigenvalue weighted by atomic mass is 32.2. The SMILES string of the molecule is CC1CCN(C(=O)CSc2nc3c(c(=O)n2Cc2ccccc2)SCC3)CC1. The Labute approximate surface area is 173 Å². The van der Waals surface area contributed by atoms with Crippen LogP contribution in [-0.4, -0.2) is 45.0 Å². The number of thioether (sulfide) groups is 2. The van der Waals surface area contributed by atoms with E-state index in [0.29, 0.717) is 23.4 Å². The zero-order valence-corrected chi connectivity index (χ0v) is 17.7. The largest absolute Gasteiger partial charge is 0.342 e. The number of hydrogen-bond donors (Lipinski definition) is 0. The number of fused-ring (bicyclic) bond motifs is 1. The van der Waals surface area contributed by atoms with Crippen LogP contribution >= 0.6 is 23.5 Å². The van der Waals surface area contributed by atoms with Crippen LogP contribution in [0.1, 0.15) is 31.0 Å². The number of hydrogen-bond acceptors (Lipinski definition) is 5. The number of carbonyl (C=O) groups is 1. The molecule has 28 heavy (non-hydrogen) atoms. The van der Waals surface area contributed by atoms with Crippen molar-refractivity contribution in [1.29, 1.82) is 0 Å². The smallest absolute Gasteiger partial charge is 0.268 e. The number of likely N-dealkylation sites (tertiary alicyclic amines) is 1. The zero-order valence-electron chi connectivity index (χ0n) is 16.1. The lowest BCUT2D eigenvalue weighted by atomic mass is 9.99. The predicted molar refractivity (Wildman–Crippen MR) is 114 cm³/mol. The summed E-state index contributed by atoms with van der Waals surface area (Å²) in [6.45, 7) is 4.40. The molecule has 0 radical (unpaired) electrons. The lowest BCUT2D eigenvalue weighted by Crippen LogP contribution is -2.39. The zero-order chi connectivity index (χ0) is 19.5. The topological polar surface area (TPSA) is 55.2 Å². The number of nitrogens with zero attached hydrogens (tertiary/aromatic N) is 3. The molecule has 1 saturated heterocycles. The summed E-state index contributed by atoms with van der Waals surface area (Å²) in [5.41, 5.74) is 1.98. The van der Waals surface area contributed by atoms with E-state index in [9.17, 15) is 9.59 Å². The van der Waals surface area contributed by atoms with Gasteiger partial charge in [0.1, 0.15) is 0 Å². The van der Waals surface area contributed by atoms with Gasteiger partial charge in [-0.05, 0) is 24.3 Å². The third-order valence-electron chi connectivity index (χ3n) is 5.39. The molecule has 2 aliphatic heterocycles. The first-order valence-electron chi connectivity index (χ1n) is 9.83. The fourth-order valence-electron chi connectivity index (χ4n) is 3.61. The van der Waals surface area contributed by atoms with E-state index in [4.69, 9.17) is 4.98 Å². The van der Waals surface area contributed by atoms with Crippen molar-refractivity contribution in [3.8, 4) is 0 Å². The van der Waals surface area contributed by atoms with Crippen LogP contribution in [0.2, 0.25) is 0 Å². The minimum Gasteiger partial charge on any atom is -0.342 e. The van der Waals surface area contributed by atoms with Crippen molar-refractivity contribution in [1.82, 2.24) is 14.5 Å². The molecule has 148 valence electrons. The van der Waals surface area contributed by atoms with Crippen LogP contribution in [0.4, 0.5) is 0 Å². The minimum atomic E-state index is 0.0260. The Balaban J connectivity index is 1.54. The third-order valence-corrected chi connectivity index (χ3v) is 7.46. The van der Waals surface area contributed by atoms with E-state index in [1.54, 1.807) is 16.3 Å². The number of piperidine rings is 1. The maximum Gasteiger partial charge on any atom is 0.268 e. The van der Waals surface area contributed by atoms with E-state index < -0.39 is 0 Å². The lowest BCUT2D eigenvalue weighted by molar-refractivity contribution is -0.129. The molecule has 1 aromatic heterocycles. The van der Waals surface area contributed by atoms with Crippen LogP contribution in [0.25, 0.3) is 0 Å². The van der Waals surface area contributed by atoms with Gasteiger partial charge in [0, 0.05) is 25.3 Å². The van der Waals surface area contributed by atoms with Gasteiger partial charge in [0.15, 0.2) is 5.16 Å². The molecule has 0 N–H and O–H groups in total. The number of aryl methyl sites for hydroxylation is 1. The fourth-order valence-corrected chi connectivity index (χ4v) is 5.58. The molecule has 3 heterocycles. The molecule has 0 atom stereocenters. The molecule has 0 spiro atoms. The lowest BCUT2D eigenvalue weighted by Gasteiger charge is -2.30. The van der Waals surface area contributed by atoms with Crippen LogP contribution in [0.5, 0.6) is 0 Å². The number of benzene rings is 1. The Morgan fingerprint density at radius 2 is 2.00 bits per heavy atom. The van der Waals surface area contributed by atoms with Gasteiger partial charge in [0.25, 0.3) is 5.56 Å². The van der Waals surface area contributed by atoms with E-state index in [2.05, 4.69) is 6.92 Å². The van der Waals surface area contributed by atoms with E-state index in [1.807, 2.05) is 35.2 Å². The predicted octanol–water partition coefficient (Wildman–Crippen LogP) is 3.29. The monoisotopic (exact) mass is 415 g/mol. The van der Waals surface area contributed by atoms with E-state index in [0.717, 1.165) is 54.3 Å². The first-order chi connectivity index (χ1) is 13.6. The maximum atomic E-state index is 13.1. The summed E-state index contributed by atoms with van der Waals surface area (Å²) in [5.74, 6) is 2.08. The normalized spacial score (nSPS) is 17.0. The molecule has 7 heteroatoms. The third kappa shape index (κ3) is 4.30. The molecule has 1 fully saturated rings. The van der Waals surface area contributed by atoms with Gasteiger partial charge in [0.05, 0.1) is 22.9 Å². The summed E-state index contributed by atoms with van der Waals surface area (Å²) in [4.78, 5) is 33.2. The average Bonchev–Trinajstić information content (AvgIpc) is 3.19. The Bertz CT molecular complexity index is 906. The van der Waals surface area contributed by atoms with Gasteiger partial charge in [0.2, 0.25) is 5.91 Å². The van der Waals surface area contributed by atoms with Crippen molar-refractivity contribution in [2.24, 2.45) is 5.92 Å². The molecule has 0 saturated carbocycles. The van der Waals surface area contributed by atoms with Gasteiger partial charge < -0.3 is 4.90 Å². The Hall–Kier alpha value is -1.73. The molecule has 5 nitrogen and oxygen atoms in total. The number of carbonyl (C=O) groups excluding carboxylic acids is 1. The molecular formula is C21H25N3O2S2. The number of rotatable bonds is 5. The summed E-state index contributed by atoms with van der Waals surface area (Å²) in [6.07, 6.45) is 2.97. The highest BCUT2D eigenvalue weighted by molar-refractivity contribution is 8.00. The standard InChI is InChI=1S/C21H25N3O2S2/c1-15-7-10-23(11-8-15)18(25)14-28-21-22-17-9-12-27-19(17)20(26)24(21)13-16-5-3-2-4-6-16/h2-6,15H,7-14H2,1H3. The van der Waals surface area contributed by atoms with Gasteiger partial charge in [-0.3, -0.25) is 14.2 Å². The molecule has 4 rings (SSSR count). The highest BCUT2D eigenvalue weighted by Gasteiger charge is 2.24. The summed E-state index contributed by atoms with van der Waals surface area (Å²) in [7, 11) is 0. The summed E-state index contributed by atoms with van der Waals surface area (Å²) >= 11 is 3.00. The minimum absolute atomic E-state index is 0.0260. The fraction of sp³-hybridized carbons (Fsp3) is 0.476. The average molecular weight is 416 g/mol. The van der Waals surface area contributed by atoms with E-state index in [1.165, 1.54) is 11.8 Å². The van der Waals surface area contributed by atoms with Crippen molar-refractivity contribution in [3.05, 3.63) is 51.9 Å².